The minimum Gasteiger partial charge on any atom is -0.459 e. The van der Waals surface area contributed by atoms with Crippen LogP contribution in [-0.4, -0.2) is 18.0 Å². The number of benzene rings is 1. The fourth-order valence-corrected chi connectivity index (χ4v) is 1.13. The first kappa shape index (κ1) is 14.5. The van der Waals surface area contributed by atoms with Gasteiger partial charge in [-0.05, 0) is 18.1 Å². The molecule has 0 aliphatic heterocycles. The van der Waals surface area contributed by atoms with E-state index in [0.29, 0.717) is 12.1 Å². The number of hydrogen-bond acceptors (Lipinski definition) is 4. The molecule has 0 heterocycles. The highest BCUT2D eigenvalue weighted by Gasteiger charge is 2.32. The Morgan fingerprint density at radius 2 is 2.05 bits per heavy atom. The molecule has 0 spiro atoms. The summed E-state index contributed by atoms with van der Waals surface area (Å²) in [6.45, 7) is 0. The van der Waals surface area contributed by atoms with Crippen molar-refractivity contribution in [3.8, 4) is 11.8 Å². The summed E-state index contributed by atoms with van der Waals surface area (Å²) in [4.78, 5) is 20.4. The van der Waals surface area contributed by atoms with Gasteiger partial charge in [-0.25, -0.2) is 4.79 Å². The Kier molecular flexibility index (Phi) is 4.11. The van der Waals surface area contributed by atoms with Crippen LogP contribution >= 0.6 is 0 Å². The lowest BCUT2D eigenvalue weighted by molar-refractivity contribution is -0.385. The molecule has 0 saturated heterocycles. The molecule has 0 N–H and O–H groups in total. The van der Waals surface area contributed by atoms with Crippen LogP contribution in [0.3, 0.4) is 0 Å². The highest BCUT2D eigenvalue weighted by molar-refractivity contribution is 5.89. The second-order valence-electron chi connectivity index (χ2n) is 3.23. The number of nitrogens with zero attached hydrogens (tertiary/aromatic N) is 1. The van der Waals surface area contributed by atoms with Gasteiger partial charge in [0.05, 0.1) is 17.6 Å². The Hall–Kier alpha value is -2.56. The highest BCUT2D eigenvalue weighted by Crippen LogP contribution is 2.32. The molecule has 0 saturated carbocycles. The maximum Gasteiger partial charge on any atom is 0.416 e. The van der Waals surface area contributed by atoms with Crippen LogP contribution in [0.4, 0.5) is 18.9 Å². The first-order valence-electron chi connectivity index (χ1n) is 4.71. The maximum absolute atomic E-state index is 12.4. The minimum absolute atomic E-state index is 0.302. The van der Waals surface area contributed by atoms with Crippen LogP contribution in [0.15, 0.2) is 18.2 Å². The predicted octanol–water partition coefficient (Wildman–Crippen LogP) is 2.14. The number of nitro groups is 1. The number of carbonyl (C=O) groups is 1. The Labute approximate surface area is 105 Å². The Bertz CT molecular complexity index is 584. The Morgan fingerprint density at radius 3 is 2.53 bits per heavy atom. The molecule has 5 nitrogen and oxygen atoms in total. The van der Waals surface area contributed by atoms with E-state index in [9.17, 15) is 28.1 Å². The molecule has 0 unspecified atom stereocenters. The Morgan fingerprint density at radius 1 is 1.42 bits per heavy atom. The smallest absolute Gasteiger partial charge is 0.416 e. The van der Waals surface area contributed by atoms with Crippen molar-refractivity contribution in [3.05, 3.63) is 39.4 Å². The third-order valence-corrected chi connectivity index (χ3v) is 2.01. The van der Waals surface area contributed by atoms with Crippen molar-refractivity contribution < 1.29 is 27.6 Å². The van der Waals surface area contributed by atoms with Gasteiger partial charge in [0.15, 0.2) is 0 Å². The van der Waals surface area contributed by atoms with Crippen molar-refractivity contribution in [2.75, 3.05) is 7.11 Å². The van der Waals surface area contributed by atoms with Gasteiger partial charge in [-0.3, -0.25) is 10.1 Å². The van der Waals surface area contributed by atoms with E-state index in [0.717, 1.165) is 13.2 Å². The number of halogens is 3. The molecule has 0 bridgehead atoms. The summed E-state index contributed by atoms with van der Waals surface area (Å²) < 4.78 is 41.4. The van der Waals surface area contributed by atoms with Gasteiger partial charge in [0.25, 0.3) is 5.69 Å². The number of esters is 1. The van der Waals surface area contributed by atoms with Crippen LogP contribution in [0.2, 0.25) is 0 Å². The normalized spacial score (nSPS) is 10.3. The molecule has 1 rings (SSSR count). The summed E-state index contributed by atoms with van der Waals surface area (Å²) in [6, 6.07) is 1.84. The first-order chi connectivity index (χ1) is 8.75. The lowest BCUT2D eigenvalue weighted by Gasteiger charge is -2.06. The second kappa shape index (κ2) is 5.39. The van der Waals surface area contributed by atoms with Gasteiger partial charge >= 0.3 is 12.1 Å². The number of hydrogen-bond donors (Lipinski definition) is 0. The predicted molar refractivity (Wildman–Crippen MR) is 57.0 cm³/mol. The third-order valence-electron chi connectivity index (χ3n) is 2.01. The average molecular weight is 273 g/mol. The van der Waals surface area contributed by atoms with Crippen molar-refractivity contribution in [3.63, 3.8) is 0 Å². The van der Waals surface area contributed by atoms with Crippen molar-refractivity contribution >= 4 is 11.7 Å². The zero-order valence-electron chi connectivity index (χ0n) is 9.45. The molecule has 0 fully saturated rings. The van der Waals surface area contributed by atoms with Crippen LogP contribution in [0.5, 0.6) is 0 Å². The van der Waals surface area contributed by atoms with E-state index >= 15 is 0 Å². The fraction of sp³-hybridized carbons (Fsp3) is 0.182. The van der Waals surface area contributed by atoms with Gasteiger partial charge in [-0.1, -0.05) is 0 Å². The van der Waals surface area contributed by atoms with E-state index < -0.39 is 28.3 Å². The lowest BCUT2D eigenvalue weighted by Crippen LogP contribution is -2.06. The molecule has 1 aromatic rings. The molecule has 0 aliphatic carbocycles. The summed E-state index contributed by atoms with van der Waals surface area (Å²) in [6.07, 6.45) is -4.70. The van der Waals surface area contributed by atoms with Gasteiger partial charge < -0.3 is 4.74 Å². The van der Waals surface area contributed by atoms with Crippen molar-refractivity contribution in [2.24, 2.45) is 0 Å². The van der Waals surface area contributed by atoms with Crippen LogP contribution in [0, 0.1) is 22.0 Å². The average Bonchev–Trinajstić information content (AvgIpc) is 2.34. The van der Waals surface area contributed by atoms with E-state index in [4.69, 9.17) is 0 Å². The van der Waals surface area contributed by atoms with Crippen molar-refractivity contribution in [1.29, 1.82) is 0 Å². The number of rotatable bonds is 1. The number of methoxy groups -OCH3 is 1. The van der Waals surface area contributed by atoms with Gasteiger partial charge in [0.1, 0.15) is 5.56 Å². The zero-order valence-corrected chi connectivity index (χ0v) is 9.45. The summed E-state index contributed by atoms with van der Waals surface area (Å²) in [5.41, 5.74) is -2.29. The van der Waals surface area contributed by atoms with Crippen LogP contribution in [0.1, 0.15) is 11.1 Å². The number of nitro benzene ring substituents is 1. The number of carbonyl (C=O) groups excluding carboxylic acids is 1. The largest absolute Gasteiger partial charge is 0.459 e. The van der Waals surface area contributed by atoms with E-state index in [1.807, 2.05) is 5.92 Å². The quantitative estimate of drug-likeness (QED) is 0.340. The topological polar surface area (TPSA) is 69.4 Å². The summed E-state index contributed by atoms with van der Waals surface area (Å²) in [5, 5.41) is 10.7. The third kappa shape index (κ3) is 3.70. The molecule has 0 amide bonds. The van der Waals surface area contributed by atoms with Crippen molar-refractivity contribution in [1.82, 2.24) is 0 Å². The molecule has 8 heteroatoms. The first-order valence-corrected chi connectivity index (χ1v) is 4.71. The van der Waals surface area contributed by atoms with Gasteiger partial charge in [-0.15, -0.1) is 0 Å². The molecule has 100 valence electrons. The molecule has 0 aliphatic rings. The number of alkyl halides is 3. The molecule has 1 aromatic carbocycles. The van der Waals surface area contributed by atoms with E-state index in [2.05, 4.69) is 10.7 Å². The van der Waals surface area contributed by atoms with Crippen molar-refractivity contribution in [2.45, 2.75) is 6.18 Å². The Balaban J connectivity index is 3.30. The summed E-state index contributed by atoms with van der Waals surface area (Å²) in [5.74, 6) is 3.05. The standard InChI is InChI=1S/C11H6F3NO4/c1-19-10(16)5-3-7-2-4-8(11(12,13)14)6-9(7)15(17)18/h2,4,6H,1H3. The van der Waals surface area contributed by atoms with Gasteiger partial charge in [0, 0.05) is 12.0 Å². The molecule has 0 aromatic heterocycles. The monoisotopic (exact) mass is 273 g/mol. The molecular weight excluding hydrogens is 267 g/mol. The van der Waals surface area contributed by atoms with E-state index in [-0.39, 0.29) is 5.56 Å². The van der Waals surface area contributed by atoms with Crippen LogP contribution < -0.4 is 0 Å². The van der Waals surface area contributed by atoms with E-state index in [1.54, 1.807) is 0 Å². The van der Waals surface area contributed by atoms with E-state index in [1.165, 1.54) is 0 Å². The second-order valence-corrected chi connectivity index (χ2v) is 3.23. The maximum atomic E-state index is 12.4. The molecule has 0 atom stereocenters. The molecule has 19 heavy (non-hydrogen) atoms. The lowest BCUT2D eigenvalue weighted by atomic mass is 10.1. The zero-order chi connectivity index (χ0) is 14.6. The van der Waals surface area contributed by atoms with Crippen LogP contribution in [-0.2, 0) is 15.7 Å². The van der Waals surface area contributed by atoms with Gasteiger partial charge in [-0.2, -0.15) is 13.2 Å². The SMILES string of the molecule is COC(=O)C#Cc1ccc(C(F)(F)F)cc1[N+](=O)[O-]. The highest BCUT2D eigenvalue weighted by atomic mass is 19.4. The molecule has 0 radical (unpaired) electrons. The van der Waals surface area contributed by atoms with Crippen LogP contribution in [0.25, 0.3) is 0 Å². The molecular formula is C11H6F3NO4. The summed E-state index contributed by atoms with van der Waals surface area (Å²) in [7, 11) is 1.05. The van der Waals surface area contributed by atoms with Gasteiger partial charge in [0.2, 0.25) is 0 Å². The minimum atomic E-state index is -4.70. The summed E-state index contributed by atoms with van der Waals surface area (Å²) >= 11 is 0. The fourth-order valence-electron chi connectivity index (χ4n) is 1.13. The number of ether oxygens (including phenoxy) is 1.